The van der Waals surface area contributed by atoms with Gasteiger partial charge in [-0.15, -0.1) is 24.0 Å². The van der Waals surface area contributed by atoms with E-state index in [-0.39, 0.29) is 35.1 Å². The highest BCUT2D eigenvalue weighted by atomic mass is 127. The zero-order valence-electron chi connectivity index (χ0n) is 18.9. The molecule has 0 aromatic heterocycles. The molecule has 31 heavy (non-hydrogen) atoms. The van der Waals surface area contributed by atoms with E-state index in [1.54, 1.807) is 0 Å². The SMILES string of the molecule is CCNC(=NCC1(CCOCC)CCCC1)NCCS(=O)(=O)NCc1ccccc1.I. The Morgan fingerprint density at radius 2 is 1.84 bits per heavy atom. The molecule has 1 aromatic carbocycles. The third-order valence-corrected chi connectivity index (χ3v) is 6.89. The predicted molar refractivity (Wildman–Crippen MR) is 138 cm³/mol. The molecule has 0 heterocycles. The fourth-order valence-electron chi connectivity index (χ4n) is 3.80. The molecule has 0 bridgehead atoms. The average molecular weight is 567 g/mol. The minimum atomic E-state index is -3.36. The van der Waals surface area contributed by atoms with Crippen molar-refractivity contribution in [2.24, 2.45) is 10.4 Å². The summed E-state index contributed by atoms with van der Waals surface area (Å²) in [5.41, 5.74) is 1.15. The van der Waals surface area contributed by atoms with Crippen LogP contribution >= 0.6 is 24.0 Å². The normalized spacial score (nSPS) is 16.0. The number of guanidine groups is 1. The van der Waals surface area contributed by atoms with Gasteiger partial charge in [0.25, 0.3) is 0 Å². The molecule has 7 nitrogen and oxygen atoms in total. The van der Waals surface area contributed by atoms with Gasteiger partial charge in [0.05, 0.1) is 5.75 Å². The molecule has 1 saturated carbocycles. The number of hydrogen-bond acceptors (Lipinski definition) is 4. The number of nitrogens with one attached hydrogen (secondary N) is 3. The molecule has 0 spiro atoms. The van der Waals surface area contributed by atoms with E-state index >= 15 is 0 Å². The van der Waals surface area contributed by atoms with Gasteiger partial charge >= 0.3 is 0 Å². The summed E-state index contributed by atoms with van der Waals surface area (Å²) in [5, 5.41) is 6.40. The Balaban J connectivity index is 0.00000480. The zero-order chi connectivity index (χ0) is 21.7. The van der Waals surface area contributed by atoms with Crippen LogP contribution in [0.15, 0.2) is 35.3 Å². The fraction of sp³-hybridized carbons (Fsp3) is 0.682. The van der Waals surface area contributed by atoms with Crippen LogP contribution < -0.4 is 15.4 Å². The van der Waals surface area contributed by atoms with Crippen molar-refractivity contribution in [2.45, 2.75) is 52.5 Å². The van der Waals surface area contributed by atoms with Gasteiger partial charge in [0.1, 0.15) is 0 Å². The molecule has 1 aliphatic rings. The Kier molecular flexibility index (Phi) is 13.6. The van der Waals surface area contributed by atoms with Crippen molar-refractivity contribution >= 4 is 40.0 Å². The molecule has 0 unspecified atom stereocenters. The molecule has 3 N–H and O–H groups in total. The maximum Gasteiger partial charge on any atom is 0.213 e. The lowest BCUT2D eigenvalue weighted by Crippen LogP contribution is -2.41. The van der Waals surface area contributed by atoms with Crippen molar-refractivity contribution in [3.8, 4) is 0 Å². The number of aliphatic imine (C=N–C) groups is 1. The lowest BCUT2D eigenvalue weighted by Gasteiger charge is -2.27. The zero-order valence-corrected chi connectivity index (χ0v) is 22.0. The van der Waals surface area contributed by atoms with Crippen LogP contribution in [-0.2, 0) is 21.3 Å². The minimum absolute atomic E-state index is 0. The van der Waals surface area contributed by atoms with Gasteiger partial charge in [-0.1, -0.05) is 43.2 Å². The van der Waals surface area contributed by atoms with Crippen molar-refractivity contribution in [3.05, 3.63) is 35.9 Å². The Morgan fingerprint density at radius 3 is 2.48 bits per heavy atom. The predicted octanol–water partition coefficient (Wildman–Crippen LogP) is 3.27. The van der Waals surface area contributed by atoms with Crippen LogP contribution in [0.25, 0.3) is 0 Å². The van der Waals surface area contributed by atoms with Gasteiger partial charge in [-0.3, -0.25) is 4.99 Å². The molecule has 9 heteroatoms. The monoisotopic (exact) mass is 566 g/mol. The third kappa shape index (κ3) is 11.0. The summed E-state index contributed by atoms with van der Waals surface area (Å²) in [6.07, 6.45) is 5.89. The van der Waals surface area contributed by atoms with Gasteiger partial charge in [-0.05, 0) is 44.1 Å². The first-order valence-corrected chi connectivity index (χ1v) is 12.7. The van der Waals surface area contributed by atoms with Crippen molar-refractivity contribution < 1.29 is 13.2 Å². The van der Waals surface area contributed by atoms with Crippen molar-refractivity contribution in [1.29, 1.82) is 0 Å². The van der Waals surface area contributed by atoms with E-state index in [0.29, 0.717) is 19.0 Å². The lowest BCUT2D eigenvalue weighted by molar-refractivity contribution is 0.107. The molecule has 1 aromatic rings. The number of ether oxygens (including phenoxy) is 1. The first-order valence-electron chi connectivity index (χ1n) is 11.1. The molecule has 1 aliphatic carbocycles. The Bertz CT molecular complexity index is 738. The fourth-order valence-corrected chi connectivity index (χ4v) is 4.70. The second-order valence-corrected chi connectivity index (χ2v) is 9.83. The Morgan fingerprint density at radius 1 is 1.13 bits per heavy atom. The van der Waals surface area contributed by atoms with Gasteiger partial charge < -0.3 is 15.4 Å². The van der Waals surface area contributed by atoms with Crippen LogP contribution in [0, 0.1) is 5.41 Å². The van der Waals surface area contributed by atoms with Crippen LogP contribution in [0.4, 0.5) is 0 Å². The van der Waals surface area contributed by atoms with E-state index in [9.17, 15) is 8.42 Å². The van der Waals surface area contributed by atoms with E-state index in [0.717, 1.165) is 38.3 Å². The summed E-state index contributed by atoms with van der Waals surface area (Å²) in [7, 11) is -3.36. The van der Waals surface area contributed by atoms with Crippen LogP contribution in [0.5, 0.6) is 0 Å². The lowest BCUT2D eigenvalue weighted by atomic mass is 9.83. The summed E-state index contributed by atoms with van der Waals surface area (Å²) in [5.74, 6) is 0.679. The van der Waals surface area contributed by atoms with E-state index in [1.807, 2.05) is 44.2 Å². The molecular weight excluding hydrogens is 527 g/mol. The molecule has 178 valence electrons. The Labute approximate surface area is 205 Å². The van der Waals surface area contributed by atoms with E-state index < -0.39 is 10.0 Å². The van der Waals surface area contributed by atoms with Crippen LogP contribution in [-0.4, -0.2) is 53.0 Å². The molecule has 0 saturated heterocycles. The smallest absolute Gasteiger partial charge is 0.213 e. The number of nitrogens with zero attached hydrogens (tertiary/aromatic N) is 1. The highest BCUT2D eigenvalue weighted by molar-refractivity contribution is 14.0. The number of sulfonamides is 1. The first-order chi connectivity index (χ1) is 14.5. The molecule has 0 amide bonds. The quantitative estimate of drug-likeness (QED) is 0.148. The van der Waals surface area contributed by atoms with Gasteiger partial charge in [-0.2, -0.15) is 0 Å². The number of rotatable bonds is 13. The summed E-state index contributed by atoms with van der Waals surface area (Å²) in [4.78, 5) is 4.78. The van der Waals surface area contributed by atoms with Crippen LogP contribution in [0.2, 0.25) is 0 Å². The highest BCUT2D eigenvalue weighted by Gasteiger charge is 2.33. The van der Waals surface area contributed by atoms with Gasteiger partial charge in [0.2, 0.25) is 10.0 Å². The van der Waals surface area contributed by atoms with Gasteiger partial charge in [0.15, 0.2) is 5.96 Å². The van der Waals surface area contributed by atoms with E-state index in [1.165, 1.54) is 25.7 Å². The van der Waals surface area contributed by atoms with Crippen LogP contribution in [0.1, 0.15) is 51.5 Å². The summed E-state index contributed by atoms with van der Waals surface area (Å²) >= 11 is 0. The largest absolute Gasteiger partial charge is 0.382 e. The molecule has 0 aliphatic heterocycles. The maximum atomic E-state index is 12.3. The van der Waals surface area contributed by atoms with E-state index in [2.05, 4.69) is 15.4 Å². The maximum absolute atomic E-state index is 12.3. The van der Waals surface area contributed by atoms with Crippen LogP contribution in [0.3, 0.4) is 0 Å². The van der Waals surface area contributed by atoms with Crippen molar-refractivity contribution in [1.82, 2.24) is 15.4 Å². The molecule has 1 fully saturated rings. The van der Waals surface area contributed by atoms with Crippen molar-refractivity contribution in [2.75, 3.05) is 38.6 Å². The topological polar surface area (TPSA) is 91.8 Å². The second-order valence-electron chi connectivity index (χ2n) is 7.90. The number of halogens is 1. The molecule has 0 atom stereocenters. The molecular formula is C22H39IN4O3S. The molecule has 2 rings (SSSR count). The second kappa shape index (κ2) is 15.0. The average Bonchev–Trinajstić information content (AvgIpc) is 3.21. The standard InChI is InChI=1S/C22H38N4O3S.HI/c1-3-23-21(25-19-22(12-8-9-13-22)14-16-29-4-2)24-15-17-30(27,28)26-18-20-10-6-5-7-11-20;/h5-7,10-11,26H,3-4,8-9,12-19H2,1-2H3,(H2,23,24,25);1H. The van der Waals surface area contributed by atoms with Crippen molar-refractivity contribution in [3.63, 3.8) is 0 Å². The molecule has 0 radical (unpaired) electrons. The Hall–Kier alpha value is -0.910. The van der Waals surface area contributed by atoms with Gasteiger partial charge in [0, 0.05) is 39.4 Å². The van der Waals surface area contributed by atoms with E-state index in [4.69, 9.17) is 9.73 Å². The highest BCUT2D eigenvalue weighted by Crippen LogP contribution is 2.41. The third-order valence-electron chi connectivity index (χ3n) is 5.56. The summed E-state index contributed by atoms with van der Waals surface area (Å²) in [6.45, 7) is 7.65. The minimum Gasteiger partial charge on any atom is -0.382 e. The first kappa shape index (κ1) is 28.1. The number of benzene rings is 1. The summed E-state index contributed by atoms with van der Waals surface area (Å²) < 4.78 is 32.8. The summed E-state index contributed by atoms with van der Waals surface area (Å²) in [6, 6.07) is 9.52. The number of hydrogen-bond donors (Lipinski definition) is 3. The van der Waals surface area contributed by atoms with Gasteiger partial charge in [-0.25, -0.2) is 13.1 Å².